The molecule has 0 spiro atoms. The van der Waals surface area contributed by atoms with Crippen LogP contribution in [0.25, 0.3) is 0 Å². The van der Waals surface area contributed by atoms with Gasteiger partial charge in [0.05, 0.1) is 5.56 Å². The monoisotopic (exact) mass is 250 g/mol. The number of amides is 2. The van der Waals surface area contributed by atoms with E-state index in [0.29, 0.717) is 0 Å². The van der Waals surface area contributed by atoms with Gasteiger partial charge in [-0.3, -0.25) is 9.59 Å². The summed E-state index contributed by atoms with van der Waals surface area (Å²) in [6, 6.07) is 3.96. The third-order valence-electron chi connectivity index (χ3n) is 2.66. The minimum Gasteiger partial charge on any atom is -0.507 e. The molecular formula is C13H18N2O3. The second-order valence-electron chi connectivity index (χ2n) is 4.62. The van der Waals surface area contributed by atoms with Gasteiger partial charge in [0.25, 0.3) is 5.91 Å². The van der Waals surface area contributed by atoms with Gasteiger partial charge in [0.1, 0.15) is 11.8 Å². The number of aromatic hydroxyl groups is 1. The number of phenolic OH excluding ortho intramolecular Hbond substituents is 1. The molecule has 0 bridgehead atoms. The van der Waals surface area contributed by atoms with Crippen molar-refractivity contribution in [2.24, 2.45) is 11.7 Å². The molecule has 0 aliphatic carbocycles. The molecule has 0 aliphatic heterocycles. The molecule has 1 aromatic carbocycles. The van der Waals surface area contributed by atoms with Crippen molar-refractivity contribution in [2.75, 3.05) is 0 Å². The maximum absolute atomic E-state index is 11.9. The second-order valence-corrected chi connectivity index (χ2v) is 4.62. The first-order chi connectivity index (χ1) is 8.32. The van der Waals surface area contributed by atoms with Gasteiger partial charge in [0, 0.05) is 0 Å². The zero-order chi connectivity index (χ0) is 13.9. The molecule has 18 heavy (non-hydrogen) atoms. The molecule has 1 rings (SSSR count). The Hall–Kier alpha value is -2.04. The number of carbonyl (C=O) groups is 2. The van der Waals surface area contributed by atoms with E-state index in [1.165, 1.54) is 12.1 Å². The van der Waals surface area contributed by atoms with Crippen molar-refractivity contribution >= 4 is 11.8 Å². The zero-order valence-corrected chi connectivity index (χ0v) is 10.7. The van der Waals surface area contributed by atoms with Crippen LogP contribution in [-0.4, -0.2) is 23.0 Å². The largest absolute Gasteiger partial charge is 0.507 e. The van der Waals surface area contributed by atoms with Crippen molar-refractivity contribution in [1.82, 2.24) is 5.32 Å². The maximum atomic E-state index is 11.9. The summed E-state index contributed by atoms with van der Waals surface area (Å²) in [5.41, 5.74) is 6.19. The van der Waals surface area contributed by atoms with Crippen LogP contribution in [0.4, 0.5) is 0 Å². The van der Waals surface area contributed by atoms with Crippen LogP contribution in [0.15, 0.2) is 18.2 Å². The van der Waals surface area contributed by atoms with Gasteiger partial charge in [-0.25, -0.2) is 0 Å². The Morgan fingerprint density at radius 2 is 1.94 bits per heavy atom. The molecule has 0 heterocycles. The van der Waals surface area contributed by atoms with Crippen LogP contribution in [0.2, 0.25) is 0 Å². The van der Waals surface area contributed by atoms with Crippen molar-refractivity contribution < 1.29 is 14.7 Å². The lowest BCUT2D eigenvalue weighted by atomic mass is 10.0. The highest BCUT2D eigenvalue weighted by atomic mass is 16.3. The van der Waals surface area contributed by atoms with E-state index in [9.17, 15) is 14.7 Å². The van der Waals surface area contributed by atoms with E-state index in [1.54, 1.807) is 19.9 Å². The lowest BCUT2D eigenvalue weighted by Crippen LogP contribution is -2.47. The zero-order valence-electron chi connectivity index (χ0n) is 10.7. The topological polar surface area (TPSA) is 92.4 Å². The first kappa shape index (κ1) is 14.0. The van der Waals surface area contributed by atoms with Crippen molar-refractivity contribution in [3.8, 4) is 5.75 Å². The summed E-state index contributed by atoms with van der Waals surface area (Å²) in [5, 5.41) is 12.2. The molecule has 4 N–H and O–H groups in total. The third-order valence-corrected chi connectivity index (χ3v) is 2.66. The molecule has 1 unspecified atom stereocenters. The SMILES string of the molecule is Cc1ccc(C(=O)NC(C(N)=O)C(C)C)c(O)c1. The number of hydrogen-bond donors (Lipinski definition) is 3. The van der Waals surface area contributed by atoms with Crippen molar-refractivity contribution in [1.29, 1.82) is 0 Å². The molecular weight excluding hydrogens is 232 g/mol. The Balaban J connectivity index is 2.91. The molecule has 5 nitrogen and oxygen atoms in total. The molecule has 0 saturated carbocycles. The molecule has 0 radical (unpaired) electrons. The van der Waals surface area contributed by atoms with E-state index >= 15 is 0 Å². The summed E-state index contributed by atoms with van der Waals surface area (Å²) in [6.45, 7) is 5.37. The molecule has 1 atom stereocenters. The quantitative estimate of drug-likeness (QED) is 0.742. The normalized spacial score (nSPS) is 12.2. The van der Waals surface area contributed by atoms with Crippen LogP contribution in [0.3, 0.4) is 0 Å². The first-order valence-electron chi connectivity index (χ1n) is 5.72. The molecule has 0 aromatic heterocycles. The summed E-state index contributed by atoms with van der Waals surface area (Å²) in [6.07, 6.45) is 0. The van der Waals surface area contributed by atoms with E-state index in [1.807, 2.05) is 6.92 Å². The van der Waals surface area contributed by atoms with Gasteiger partial charge >= 0.3 is 0 Å². The van der Waals surface area contributed by atoms with Crippen molar-refractivity contribution in [3.63, 3.8) is 0 Å². The Labute approximate surface area is 106 Å². The molecule has 5 heteroatoms. The first-order valence-corrected chi connectivity index (χ1v) is 5.72. The summed E-state index contributed by atoms with van der Waals surface area (Å²) in [4.78, 5) is 23.1. The Bertz CT molecular complexity index is 469. The fraction of sp³-hybridized carbons (Fsp3) is 0.385. The number of carbonyl (C=O) groups excluding carboxylic acids is 2. The molecule has 0 saturated heterocycles. The van der Waals surface area contributed by atoms with Crippen LogP contribution in [0.1, 0.15) is 29.8 Å². The van der Waals surface area contributed by atoms with Gasteiger partial charge in [-0.05, 0) is 30.5 Å². The number of nitrogens with two attached hydrogens (primary N) is 1. The van der Waals surface area contributed by atoms with Gasteiger partial charge in [-0.15, -0.1) is 0 Å². The minimum atomic E-state index is -0.752. The number of hydrogen-bond acceptors (Lipinski definition) is 3. The number of nitrogens with one attached hydrogen (secondary N) is 1. The fourth-order valence-corrected chi connectivity index (χ4v) is 1.62. The smallest absolute Gasteiger partial charge is 0.255 e. The Morgan fingerprint density at radius 3 is 2.39 bits per heavy atom. The minimum absolute atomic E-state index is 0.112. The van der Waals surface area contributed by atoms with Gasteiger partial charge in [0.2, 0.25) is 5.91 Å². The second kappa shape index (κ2) is 5.53. The van der Waals surface area contributed by atoms with Crippen molar-refractivity contribution in [2.45, 2.75) is 26.8 Å². The maximum Gasteiger partial charge on any atom is 0.255 e. The van der Waals surface area contributed by atoms with Crippen LogP contribution >= 0.6 is 0 Å². The van der Waals surface area contributed by atoms with E-state index in [4.69, 9.17) is 5.73 Å². The highest BCUT2D eigenvalue weighted by Gasteiger charge is 2.23. The van der Waals surface area contributed by atoms with E-state index < -0.39 is 17.9 Å². The number of aryl methyl sites for hydroxylation is 1. The van der Waals surface area contributed by atoms with E-state index in [2.05, 4.69) is 5.32 Å². The molecule has 2 amide bonds. The standard InChI is InChI=1S/C13H18N2O3/c1-7(2)11(12(14)17)15-13(18)9-5-4-8(3)6-10(9)16/h4-7,11,16H,1-3H3,(H2,14,17)(H,15,18). The lowest BCUT2D eigenvalue weighted by Gasteiger charge is -2.19. The molecule has 98 valence electrons. The number of phenols is 1. The molecule has 0 aliphatic rings. The van der Waals surface area contributed by atoms with Crippen LogP contribution in [0, 0.1) is 12.8 Å². The van der Waals surface area contributed by atoms with E-state index in [0.717, 1.165) is 5.56 Å². The number of rotatable bonds is 4. The fourth-order valence-electron chi connectivity index (χ4n) is 1.62. The van der Waals surface area contributed by atoms with Gasteiger partial charge in [-0.1, -0.05) is 19.9 Å². The Kier molecular flexibility index (Phi) is 4.31. The van der Waals surface area contributed by atoms with E-state index in [-0.39, 0.29) is 17.2 Å². The highest BCUT2D eigenvalue weighted by molar-refractivity contribution is 5.99. The average Bonchev–Trinajstić information content (AvgIpc) is 2.24. The summed E-state index contributed by atoms with van der Waals surface area (Å²) >= 11 is 0. The van der Waals surface area contributed by atoms with Crippen LogP contribution in [0.5, 0.6) is 5.75 Å². The summed E-state index contributed by atoms with van der Waals surface area (Å²) < 4.78 is 0. The summed E-state index contributed by atoms with van der Waals surface area (Å²) in [7, 11) is 0. The van der Waals surface area contributed by atoms with Gasteiger partial charge in [-0.2, -0.15) is 0 Å². The predicted octanol–water partition coefficient (Wildman–Crippen LogP) is 0.940. The third kappa shape index (κ3) is 3.23. The van der Waals surface area contributed by atoms with Crippen LogP contribution < -0.4 is 11.1 Å². The summed E-state index contributed by atoms with van der Waals surface area (Å²) in [5.74, 6) is -1.33. The predicted molar refractivity (Wildman–Crippen MR) is 68.1 cm³/mol. The lowest BCUT2D eigenvalue weighted by molar-refractivity contribution is -0.120. The highest BCUT2D eigenvalue weighted by Crippen LogP contribution is 2.18. The Morgan fingerprint density at radius 1 is 1.33 bits per heavy atom. The van der Waals surface area contributed by atoms with Gasteiger partial charge in [0.15, 0.2) is 0 Å². The average molecular weight is 250 g/mol. The molecule has 0 fully saturated rings. The van der Waals surface area contributed by atoms with Gasteiger partial charge < -0.3 is 16.2 Å². The van der Waals surface area contributed by atoms with Crippen LogP contribution in [-0.2, 0) is 4.79 Å². The van der Waals surface area contributed by atoms with Crippen molar-refractivity contribution in [3.05, 3.63) is 29.3 Å². The number of benzene rings is 1. The molecule has 1 aromatic rings. The number of primary amides is 1.